The van der Waals surface area contributed by atoms with Crippen molar-refractivity contribution < 1.29 is 9.13 Å². The maximum absolute atomic E-state index is 13.3. The van der Waals surface area contributed by atoms with Gasteiger partial charge < -0.3 is 4.74 Å². The number of rotatable bonds is 2. The molecule has 0 fully saturated rings. The predicted octanol–water partition coefficient (Wildman–Crippen LogP) is 5.78. The van der Waals surface area contributed by atoms with Gasteiger partial charge in [0.2, 0.25) is 6.23 Å². The van der Waals surface area contributed by atoms with E-state index in [-0.39, 0.29) is 18.1 Å². The van der Waals surface area contributed by atoms with Crippen LogP contribution in [0.5, 0.6) is 5.75 Å². The van der Waals surface area contributed by atoms with Gasteiger partial charge >= 0.3 is 0 Å². The van der Waals surface area contributed by atoms with Crippen molar-refractivity contribution >= 4 is 28.6 Å². The monoisotopic (exact) mass is 384 g/mol. The van der Waals surface area contributed by atoms with Crippen molar-refractivity contribution in [2.75, 3.05) is 0 Å². The van der Waals surface area contributed by atoms with Crippen molar-refractivity contribution in [1.29, 1.82) is 0 Å². The van der Waals surface area contributed by atoms with Crippen molar-refractivity contribution in [2.45, 2.75) is 18.7 Å². The Balaban J connectivity index is 1.60. The fourth-order valence-corrected chi connectivity index (χ4v) is 4.42. The topological polar surface area (TPSA) is 24.8 Å². The van der Waals surface area contributed by atoms with Crippen LogP contribution >= 0.6 is 22.9 Å². The van der Waals surface area contributed by atoms with Crippen LogP contribution in [0, 0.1) is 5.82 Å². The molecule has 1 aromatic heterocycles. The minimum Gasteiger partial charge on any atom is -0.464 e. The Kier molecular flexibility index (Phi) is 3.72. The Labute approximate surface area is 159 Å². The van der Waals surface area contributed by atoms with Gasteiger partial charge in [0.1, 0.15) is 11.6 Å². The number of hydrogen-bond acceptors (Lipinski definition) is 4. The molecular weight excluding hydrogens is 371 g/mol. The van der Waals surface area contributed by atoms with E-state index in [4.69, 9.17) is 21.4 Å². The van der Waals surface area contributed by atoms with Crippen LogP contribution in [0.15, 0.2) is 65.1 Å². The van der Waals surface area contributed by atoms with Gasteiger partial charge in [-0.3, -0.25) is 0 Å². The number of hydrogen-bond donors (Lipinski definition) is 0. The number of halogens is 2. The van der Waals surface area contributed by atoms with E-state index in [0.717, 1.165) is 33.9 Å². The van der Waals surface area contributed by atoms with Gasteiger partial charge in [0.25, 0.3) is 0 Å². The minimum atomic E-state index is -0.272. The molecule has 3 aromatic rings. The third-order valence-corrected chi connectivity index (χ3v) is 5.85. The van der Waals surface area contributed by atoms with E-state index >= 15 is 0 Å². The van der Waals surface area contributed by atoms with Crippen LogP contribution in [-0.4, -0.2) is 10.7 Å². The van der Waals surface area contributed by atoms with Gasteiger partial charge in [0, 0.05) is 17.0 Å². The summed E-state index contributed by atoms with van der Waals surface area (Å²) in [6.45, 7) is 0. The van der Waals surface area contributed by atoms with Gasteiger partial charge in [-0.05, 0) is 47.3 Å². The molecule has 0 spiro atoms. The molecule has 130 valence electrons. The number of ether oxygens (including phenoxy) is 1. The summed E-state index contributed by atoms with van der Waals surface area (Å²) >= 11 is 7.87. The number of thiophene rings is 1. The normalized spacial score (nSPS) is 21.0. The second kappa shape index (κ2) is 6.11. The van der Waals surface area contributed by atoms with Gasteiger partial charge in [-0.25, -0.2) is 9.40 Å². The van der Waals surface area contributed by atoms with E-state index in [1.165, 1.54) is 12.1 Å². The Morgan fingerprint density at radius 1 is 1.15 bits per heavy atom. The highest BCUT2D eigenvalue weighted by atomic mass is 35.5. The first-order chi connectivity index (χ1) is 12.7. The second-order valence-corrected chi connectivity index (χ2v) is 7.74. The molecular formula is C20H14ClFN2OS. The lowest BCUT2D eigenvalue weighted by Gasteiger charge is -2.37. The average molecular weight is 385 g/mol. The summed E-state index contributed by atoms with van der Waals surface area (Å²) in [6.07, 6.45) is 0.455. The SMILES string of the molecule is Fc1ccc(C2=NN3C(C2)c2cc(Cl)ccc2OC3c2cccs2)cc1. The molecule has 2 atom stereocenters. The van der Waals surface area contributed by atoms with E-state index < -0.39 is 0 Å². The molecule has 0 amide bonds. The molecule has 2 aromatic carbocycles. The summed E-state index contributed by atoms with van der Waals surface area (Å²) in [5.41, 5.74) is 2.88. The van der Waals surface area contributed by atoms with E-state index in [0.29, 0.717) is 5.02 Å². The molecule has 5 rings (SSSR count). The lowest BCUT2D eigenvalue weighted by molar-refractivity contribution is -0.0165. The van der Waals surface area contributed by atoms with Crippen molar-refractivity contribution in [3.8, 4) is 5.75 Å². The Morgan fingerprint density at radius 2 is 2.00 bits per heavy atom. The zero-order chi connectivity index (χ0) is 17.7. The van der Waals surface area contributed by atoms with E-state index in [9.17, 15) is 4.39 Å². The zero-order valence-electron chi connectivity index (χ0n) is 13.6. The van der Waals surface area contributed by atoms with Crippen LogP contribution in [0.3, 0.4) is 0 Å². The van der Waals surface area contributed by atoms with Gasteiger partial charge in [0.05, 0.1) is 16.6 Å². The summed E-state index contributed by atoms with van der Waals surface area (Å²) in [7, 11) is 0. The molecule has 3 heterocycles. The minimum absolute atomic E-state index is 0.0459. The van der Waals surface area contributed by atoms with Crippen molar-refractivity contribution in [3.63, 3.8) is 0 Å². The Hall–Kier alpha value is -2.37. The lowest BCUT2D eigenvalue weighted by Crippen LogP contribution is -2.33. The fourth-order valence-electron chi connectivity index (χ4n) is 3.49. The molecule has 0 saturated heterocycles. The molecule has 0 bridgehead atoms. The maximum atomic E-state index is 13.3. The van der Waals surface area contributed by atoms with Crippen LogP contribution < -0.4 is 4.74 Å². The fraction of sp³-hybridized carbons (Fsp3) is 0.150. The largest absolute Gasteiger partial charge is 0.464 e. The summed E-state index contributed by atoms with van der Waals surface area (Å²) in [5, 5.41) is 9.56. The smallest absolute Gasteiger partial charge is 0.222 e. The summed E-state index contributed by atoms with van der Waals surface area (Å²) in [4.78, 5) is 1.10. The van der Waals surface area contributed by atoms with Crippen LogP contribution in [-0.2, 0) is 0 Å². The predicted molar refractivity (Wildman–Crippen MR) is 101 cm³/mol. The first kappa shape index (κ1) is 15.9. The van der Waals surface area contributed by atoms with Crippen LogP contribution in [0.25, 0.3) is 0 Å². The summed E-state index contributed by atoms with van der Waals surface area (Å²) < 4.78 is 19.5. The molecule has 6 heteroatoms. The molecule has 0 N–H and O–H groups in total. The van der Waals surface area contributed by atoms with Gasteiger partial charge in [-0.2, -0.15) is 5.10 Å². The first-order valence-electron chi connectivity index (χ1n) is 8.30. The molecule has 2 aliphatic rings. The molecule has 26 heavy (non-hydrogen) atoms. The average Bonchev–Trinajstić information content (AvgIpc) is 3.32. The maximum Gasteiger partial charge on any atom is 0.222 e. The highest BCUT2D eigenvalue weighted by molar-refractivity contribution is 7.10. The Morgan fingerprint density at radius 3 is 2.77 bits per heavy atom. The van der Waals surface area contributed by atoms with Gasteiger partial charge in [-0.1, -0.05) is 29.8 Å². The van der Waals surface area contributed by atoms with E-state index in [1.54, 1.807) is 23.5 Å². The number of nitrogens with zero attached hydrogens (tertiary/aromatic N) is 2. The second-order valence-electron chi connectivity index (χ2n) is 6.32. The molecule has 0 saturated carbocycles. The first-order valence-corrected chi connectivity index (χ1v) is 9.56. The third-order valence-electron chi connectivity index (χ3n) is 4.72. The highest BCUT2D eigenvalue weighted by Crippen LogP contribution is 2.48. The Bertz CT molecular complexity index is 988. The highest BCUT2D eigenvalue weighted by Gasteiger charge is 2.41. The molecule has 0 aliphatic carbocycles. The summed E-state index contributed by atoms with van der Waals surface area (Å²) in [6, 6.07) is 16.3. The number of fused-ring (bicyclic) bond motifs is 3. The molecule has 2 unspecified atom stereocenters. The standard InChI is InChI=1S/C20H14ClFN2OS/c21-13-5-8-18-15(10-13)17-11-16(12-3-6-14(22)7-4-12)23-24(17)20(25-18)19-2-1-9-26-19/h1-10,17,20H,11H2. The van der Waals surface area contributed by atoms with Gasteiger partial charge in [-0.15, -0.1) is 11.3 Å². The zero-order valence-corrected chi connectivity index (χ0v) is 15.2. The molecule has 3 nitrogen and oxygen atoms in total. The molecule has 2 aliphatic heterocycles. The van der Waals surface area contributed by atoms with Crippen molar-refractivity contribution in [2.24, 2.45) is 5.10 Å². The van der Waals surface area contributed by atoms with Crippen molar-refractivity contribution in [3.05, 3.63) is 86.8 Å². The third kappa shape index (κ3) is 2.59. The molecule has 0 radical (unpaired) electrons. The lowest BCUT2D eigenvalue weighted by atomic mass is 9.96. The van der Waals surface area contributed by atoms with Crippen LogP contribution in [0.1, 0.15) is 34.7 Å². The van der Waals surface area contributed by atoms with E-state index in [1.807, 2.05) is 34.7 Å². The van der Waals surface area contributed by atoms with Gasteiger partial charge in [0.15, 0.2) is 0 Å². The number of hydrazone groups is 1. The summed E-state index contributed by atoms with van der Waals surface area (Å²) in [5.74, 6) is 0.589. The number of benzene rings is 2. The quantitative estimate of drug-likeness (QED) is 0.559. The van der Waals surface area contributed by atoms with E-state index in [2.05, 4.69) is 6.07 Å². The van der Waals surface area contributed by atoms with Crippen LogP contribution in [0.2, 0.25) is 5.02 Å². The van der Waals surface area contributed by atoms with Crippen molar-refractivity contribution in [1.82, 2.24) is 5.01 Å². The van der Waals surface area contributed by atoms with Crippen LogP contribution in [0.4, 0.5) is 4.39 Å².